The van der Waals surface area contributed by atoms with Crippen molar-refractivity contribution < 1.29 is 19.4 Å². The molecule has 2 atom stereocenters. The van der Waals surface area contributed by atoms with Crippen molar-refractivity contribution in [3.63, 3.8) is 0 Å². The molecule has 6 nitrogen and oxygen atoms in total. The summed E-state index contributed by atoms with van der Waals surface area (Å²) in [6.45, 7) is 2.17. The van der Waals surface area contributed by atoms with Crippen LogP contribution in [0.15, 0.2) is 18.2 Å². The van der Waals surface area contributed by atoms with Crippen LogP contribution in [0, 0.1) is 5.92 Å². The van der Waals surface area contributed by atoms with Crippen molar-refractivity contribution in [2.24, 2.45) is 5.92 Å². The summed E-state index contributed by atoms with van der Waals surface area (Å²) < 4.78 is 5.13. The molecular weight excluding hydrogens is 272 g/mol. The van der Waals surface area contributed by atoms with E-state index in [9.17, 15) is 9.59 Å². The third-order valence-electron chi connectivity index (χ3n) is 3.72. The summed E-state index contributed by atoms with van der Waals surface area (Å²) in [6, 6.07) is 4.18. The Balaban J connectivity index is 2.05. The van der Waals surface area contributed by atoms with Crippen LogP contribution in [0.4, 0.5) is 10.5 Å². The van der Waals surface area contributed by atoms with Gasteiger partial charge < -0.3 is 20.5 Å². The Morgan fingerprint density at radius 1 is 1.33 bits per heavy atom. The Morgan fingerprint density at radius 2 is 2.10 bits per heavy atom. The van der Waals surface area contributed by atoms with Crippen LogP contribution < -0.4 is 15.4 Å². The zero-order chi connectivity index (χ0) is 15.4. The topological polar surface area (TPSA) is 87.7 Å². The molecule has 0 aromatic heterocycles. The fourth-order valence-electron chi connectivity index (χ4n) is 2.62. The van der Waals surface area contributed by atoms with Gasteiger partial charge in [-0.15, -0.1) is 0 Å². The Hall–Kier alpha value is -2.24. The van der Waals surface area contributed by atoms with E-state index < -0.39 is 5.97 Å². The van der Waals surface area contributed by atoms with Crippen LogP contribution in [0.25, 0.3) is 0 Å². The molecule has 3 N–H and O–H groups in total. The minimum Gasteiger partial charge on any atom is -0.495 e. The van der Waals surface area contributed by atoms with E-state index in [1.807, 2.05) is 0 Å². The van der Waals surface area contributed by atoms with Crippen LogP contribution in [0.3, 0.4) is 0 Å². The first kappa shape index (κ1) is 15.2. The highest BCUT2D eigenvalue weighted by atomic mass is 16.5. The zero-order valence-corrected chi connectivity index (χ0v) is 12.2. The van der Waals surface area contributed by atoms with Gasteiger partial charge in [0.2, 0.25) is 0 Å². The van der Waals surface area contributed by atoms with Crippen LogP contribution in [-0.4, -0.2) is 30.3 Å². The molecule has 0 saturated heterocycles. The number of urea groups is 1. The van der Waals surface area contributed by atoms with Crippen LogP contribution in [0.1, 0.15) is 36.5 Å². The second kappa shape index (κ2) is 6.47. The quantitative estimate of drug-likeness (QED) is 0.796. The molecule has 0 aliphatic heterocycles. The molecule has 0 spiro atoms. The number of carboxylic acid groups (broad SMARTS) is 1. The van der Waals surface area contributed by atoms with Gasteiger partial charge in [0, 0.05) is 6.04 Å². The molecule has 0 bridgehead atoms. The number of methoxy groups -OCH3 is 1. The maximum atomic E-state index is 12.0. The summed E-state index contributed by atoms with van der Waals surface area (Å²) >= 11 is 0. The van der Waals surface area contributed by atoms with Crippen molar-refractivity contribution in [3.8, 4) is 5.75 Å². The van der Waals surface area contributed by atoms with Crippen LogP contribution in [-0.2, 0) is 0 Å². The lowest BCUT2D eigenvalue weighted by atomic mass is 10.1. The van der Waals surface area contributed by atoms with E-state index in [1.54, 1.807) is 0 Å². The monoisotopic (exact) mass is 292 g/mol. The highest BCUT2D eigenvalue weighted by Gasteiger charge is 2.23. The number of rotatable bonds is 4. The maximum absolute atomic E-state index is 12.0. The van der Waals surface area contributed by atoms with Crippen LogP contribution in [0.5, 0.6) is 5.75 Å². The molecule has 114 valence electrons. The first-order valence-corrected chi connectivity index (χ1v) is 6.98. The Kier molecular flexibility index (Phi) is 4.67. The molecule has 0 heterocycles. The SMILES string of the molecule is COc1ccc(C(=O)O)cc1NC(=O)NC1CCC(C)C1. The van der Waals surface area contributed by atoms with E-state index >= 15 is 0 Å². The summed E-state index contributed by atoms with van der Waals surface area (Å²) in [6.07, 6.45) is 3.06. The number of nitrogens with one attached hydrogen (secondary N) is 2. The number of carbonyl (C=O) groups excluding carboxylic acids is 1. The number of anilines is 1. The van der Waals surface area contributed by atoms with Gasteiger partial charge in [0.1, 0.15) is 5.75 Å². The first-order valence-electron chi connectivity index (χ1n) is 6.98. The first-order chi connectivity index (χ1) is 9.99. The van der Waals surface area contributed by atoms with Gasteiger partial charge in [-0.2, -0.15) is 0 Å². The van der Waals surface area contributed by atoms with Crippen LogP contribution in [0.2, 0.25) is 0 Å². The van der Waals surface area contributed by atoms with E-state index in [2.05, 4.69) is 17.6 Å². The molecule has 2 rings (SSSR count). The number of carboxylic acids is 1. The number of aromatic carboxylic acids is 1. The summed E-state index contributed by atoms with van der Waals surface area (Å²) in [5.74, 6) is 0.000781. The van der Waals surface area contributed by atoms with E-state index in [-0.39, 0.29) is 17.6 Å². The molecule has 0 radical (unpaired) electrons. The minimum absolute atomic E-state index is 0.0978. The summed E-state index contributed by atoms with van der Waals surface area (Å²) in [7, 11) is 1.47. The molecule has 1 aliphatic carbocycles. The van der Waals surface area contributed by atoms with E-state index in [4.69, 9.17) is 9.84 Å². The minimum atomic E-state index is -1.05. The number of carbonyl (C=O) groups is 2. The van der Waals surface area contributed by atoms with Crippen molar-refractivity contribution in [1.82, 2.24) is 5.32 Å². The molecule has 6 heteroatoms. The smallest absolute Gasteiger partial charge is 0.335 e. The highest BCUT2D eigenvalue weighted by molar-refractivity contribution is 5.94. The molecule has 2 amide bonds. The van der Waals surface area contributed by atoms with Gasteiger partial charge in [-0.25, -0.2) is 9.59 Å². The molecule has 1 aromatic rings. The third kappa shape index (κ3) is 3.87. The van der Waals surface area contributed by atoms with Crippen molar-refractivity contribution >= 4 is 17.7 Å². The lowest BCUT2D eigenvalue weighted by molar-refractivity contribution is 0.0697. The molecule has 1 saturated carbocycles. The van der Waals surface area contributed by atoms with E-state index in [0.717, 1.165) is 19.3 Å². The highest BCUT2D eigenvalue weighted by Crippen LogP contribution is 2.27. The predicted octanol–water partition coefficient (Wildman–Crippen LogP) is 2.70. The Morgan fingerprint density at radius 3 is 2.67 bits per heavy atom. The van der Waals surface area contributed by atoms with Crippen molar-refractivity contribution in [3.05, 3.63) is 23.8 Å². The Bertz CT molecular complexity index is 544. The average Bonchev–Trinajstić information content (AvgIpc) is 2.83. The van der Waals surface area contributed by atoms with Gasteiger partial charge in [-0.1, -0.05) is 6.92 Å². The van der Waals surface area contributed by atoms with Crippen LogP contribution >= 0.6 is 0 Å². The fourth-order valence-corrected chi connectivity index (χ4v) is 2.62. The number of amides is 2. The molecule has 2 unspecified atom stereocenters. The number of benzene rings is 1. The number of hydrogen-bond donors (Lipinski definition) is 3. The largest absolute Gasteiger partial charge is 0.495 e. The Labute approximate surface area is 123 Å². The average molecular weight is 292 g/mol. The summed E-state index contributed by atoms with van der Waals surface area (Å²) in [5, 5.41) is 14.6. The second-order valence-corrected chi connectivity index (χ2v) is 5.43. The summed E-state index contributed by atoms with van der Waals surface area (Å²) in [5.41, 5.74) is 0.446. The van der Waals surface area contributed by atoms with Crippen molar-refractivity contribution in [1.29, 1.82) is 0 Å². The normalized spacial score (nSPS) is 20.9. The fraction of sp³-hybridized carbons (Fsp3) is 0.467. The molecule has 21 heavy (non-hydrogen) atoms. The lowest BCUT2D eigenvalue weighted by Gasteiger charge is -2.15. The van der Waals surface area contributed by atoms with Gasteiger partial charge in [0.05, 0.1) is 18.4 Å². The molecule has 1 aliphatic rings. The zero-order valence-electron chi connectivity index (χ0n) is 12.2. The molecule has 1 aromatic carbocycles. The summed E-state index contributed by atoms with van der Waals surface area (Å²) in [4.78, 5) is 23.0. The van der Waals surface area contributed by atoms with Crippen molar-refractivity contribution in [2.75, 3.05) is 12.4 Å². The van der Waals surface area contributed by atoms with Gasteiger partial charge in [0.25, 0.3) is 0 Å². The lowest BCUT2D eigenvalue weighted by Crippen LogP contribution is -2.36. The van der Waals surface area contributed by atoms with Gasteiger partial charge >= 0.3 is 12.0 Å². The van der Waals surface area contributed by atoms with Gasteiger partial charge in [-0.05, 0) is 43.4 Å². The van der Waals surface area contributed by atoms with E-state index in [0.29, 0.717) is 17.4 Å². The van der Waals surface area contributed by atoms with Gasteiger partial charge in [-0.3, -0.25) is 0 Å². The predicted molar refractivity (Wildman–Crippen MR) is 78.9 cm³/mol. The van der Waals surface area contributed by atoms with Gasteiger partial charge in [0.15, 0.2) is 0 Å². The molecule has 1 fully saturated rings. The third-order valence-corrected chi connectivity index (χ3v) is 3.72. The maximum Gasteiger partial charge on any atom is 0.335 e. The van der Waals surface area contributed by atoms with E-state index in [1.165, 1.54) is 25.3 Å². The standard InChI is InChI=1S/C15H20N2O4/c1-9-3-5-11(7-9)16-15(20)17-12-8-10(14(18)19)4-6-13(12)21-2/h4,6,8-9,11H,3,5,7H2,1-2H3,(H,18,19)(H2,16,17,20). The molecular formula is C15H20N2O4. The second-order valence-electron chi connectivity index (χ2n) is 5.43. The number of ether oxygens (including phenoxy) is 1. The number of hydrogen-bond acceptors (Lipinski definition) is 3. The van der Waals surface area contributed by atoms with Crippen molar-refractivity contribution in [2.45, 2.75) is 32.2 Å².